The summed E-state index contributed by atoms with van der Waals surface area (Å²) in [4.78, 5) is 22.3. The van der Waals surface area contributed by atoms with Crippen LogP contribution < -0.4 is 0 Å². The second kappa shape index (κ2) is 9.87. The van der Waals surface area contributed by atoms with E-state index in [9.17, 15) is 9.59 Å². The summed E-state index contributed by atoms with van der Waals surface area (Å²) in [5, 5.41) is 0. The minimum Gasteiger partial charge on any atom is -0.466 e. The Kier molecular flexibility index (Phi) is 9.11. The van der Waals surface area contributed by atoms with Crippen LogP contribution in [-0.4, -0.2) is 25.2 Å². The summed E-state index contributed by atoms with van der Waals surface area (Å²) >= 11 is 0. The van der Waals surface area contributed by atoms with Crippen LogP contribution >= 0.6 is 0 Å². The highest BCUT2D eigenvalue weighted by molar-refractivity contribution is 5.72. The summed E-state index contributed by atoms with van der Waals surface area (Å²) in [5.41, 5.74) is 0.987. The van der Waals surface area contributed by atoms with E-state index in [2.05, 4.69) is 6.58 Å². The lowest BCUT2D eigenvalue weighted by molar-refractivity contribution is -0.145. The van der Waals surface area contributed by atoms with Crippen molar-refractivity contribution in [3.63, 3.8) is 0 Å². The first-order chi connectivity index (χ1) is 8.06. The first-order valence-corrected chi connectivity index (χ1v) is 6.02. The topological polar surface area (TPSA) is 52.6 Å². The van der Waals surface area contributed by atoms with Crippen molar-refractivity contribution in [2.24, 2.45) is 0 Å². The minimum atomic E-state index is -0.269. The van der Waals surface area contributed by atoms with Crippen LogP contribution in [0.2, 0.25) is 0 Å². The second-order valence-corrected chi connectivity index (χ2v) is 4.00. The maximum atomic E-state index is 11.2. The lowest BCUT2D eigenvalue weighted by Crippen LogP contribution is -2.09. The fourth-order valence-corrected chi connectivity index (χ4v) is 1.08. The van der Waals surface area contributed by atoms with Gasteiger partial charge in [-0.2, -0.15) is 0 Å². The average Bonchev–Trinajstić information content (AvgIpc) is 2.25. The Morgan fingerprint density at radius 1 is 1.00 bits per heavy atom. The zero-order chi connectivity index (χ0) is 13.1. The number of esters is 2. The normalized spacial score (nSPS) is 9.76. The maximum Gasteiger partial charge on any atom is 0.305 e. The Balaban J connectivity index is 3.44. The summed E-state index contributed by atoms with van der Waals surface area (Å²) in [7, 11) is 0. The van der Waals surface area contributed by atoms with E-state index >= 15 is 0 Å². The first-order valence-electron chi connectivity index (χ1n) is 6.02. The zero-order valence-electron chi connectivity index (χ0n) is 10.8. The number of rotatable bonds is 9. The molecule has 0 aliphatic rings. The molecule has 0 heterocycles. The van der Waals surface area contributed by atoms with Crippen molar-refractivity contribution in [1.29, 1.82) is 0 Å². The third-order valence-electron chi connectivity index (χ3n) is 2.02. The molecule has 0 unspecified atom stereocenters. The lowest BCUT2D eigenvalue weighted by Gasteiger charge is -2.05. The third-order valence-corrected chi connectivity index (χ3v) is 2.02. The Hall–Kier alpha value is -1.32. The van der Waals surface area contributed by atoms with Gasteiger partial charge in [0.05, 0.1) is 13.2 Å². The molecule has 0 aliphatic carbocycles. The molecule has 0 aromatic rings. The molecular formula is C13H22O4. The van der Waals surface area contributed by atoms with E-state index in [-0.39, 0.29) is 24.8 Å². The first kappa shape index (κ1) is 15.7. The summed E-state index contributed by atoms with van der Waals surface area (Å²) < 4.78 is 9.85. The molecule has 0 atom stereocenters. The Morgan fingerprint density at radius 3 is 2.00 bits per heavy atom. The molecule has 0 bridgehead atoms. The van der Waals surface area contributed by atoms with Crippen LogP contribution in [0, 0.1) is 0 Å². The number of carbonyl (C=O) groups is 2. The van der Waals surface area contributed by atoms with Crippen LogP contribution in [0.25, 0.3) is 0 Å². The predicted octanol–water partition coefficient (Wildman–Crippen LogP) is 2.62. The number of ether oxygens (including phenoxy) is 2. The molecule has 0 N–H and O–H groups in total. The quantitative estimate of drug-likeness (QED) is 0.460. The van der Waals surface area contributed by atoms with Crippen molar-refractivity contribution in [3.8, 4) is 0 Å². The molecule has 0 rings (SSSR count). The molecular weight excluding hydrogens is 220 g/mol. The monoisotopic (exact) mass is 242 g/mol. The molecule has 0 aromatic carbocycles. The van der Waals surface area contributed by atoms with Gasteiger partial charge in [0.25, 0.3) is 0 Å². The maximum absolute atomic E-state index is 11.2. The molecule has 0 saturated heterocycles. The van der Waals surface area contributed by atoms with Gasteiger partial charge in [0, 0.05) is 19.3 Å². The average molecular weight is 242 g/mol. The van der Waals surface area contributed by atoms with Gasteiger partial charge in [-0.05, 0) is 19.8 Å². The summed E-state index contributed by atoms with van der Waals surface area (Å²) in [5.74, 6) is -0.517. The molecule has 0 fully saturated rings. The lowest BCUT2D eigenvalue weighted by atomic mass is 10.2. The van der Waals surface area contributed by atoms with E-state index in [1.54, 1.807) is 0 Å². The number of carbonyl (C=O) groups excluding carboxylic acids is 2. The van der Waals surface area contributed by atoms with Crippen LogP contribution in [0.3, 0.4) is 0 Å². The smallest absolute Gasteiger partial charge is 0.305 e. The van der Waals surface area contributed by atoms with E-state index in [0.29, 0.717) is 26.1 Å². The highest BCUT2D eigenvalue weighted by atomic mass is 16.5. The van der Waals surface area contributed by atoms with Gasteiger partial charge in [-0.25, -0.2) is 0 Å². The molecule has 4 nitrogen and oxygen atoms in total. The Morgan fingerprint density at radius 2 is 1.53 bits per heavy atom. The number of hydrogen-bond donors (Lipinski definition) is 0. The van der Waals surface area contributed by atoms with Crippen molar-refractivity contribution >= 4 is 11.9 Å². The number of hydrogen-bond acceptors (Lipinski definition) is 4. The Bertz CT molecular complexity index is 258. The molecule has 0 amide bonds. The summed E-state index contributed by atoms with van der Waals surface area (Å²) in [6.07, 6.45) is 2.51. The molecule has 17 heavy (non-hydrogen) atoms. The zero-order valence-corrected chi connectivity index (χ0v) is 10.8. The van der Waals surface area contributed by atoms with Crippen molar-refractivity contribution in [3.05, 3.63) is 12.2 Å². The van der Waals surface area contributed by atoms with E-state index in [1.165, 1.54) is 0 Å². The molecule has 0 aliphatic heterocycles. The van der Waals surface area contributed by atoms with Crippen molar-refractivity contribution in [2.45, 2.75) is 46.0 Å². The van der Waals surface area contributed by atoms with E-state index in [1.807, 2.05) is 13.8 Å². The van der Waals surface area contributed by atoms with Crippen LogP contribution in [0.1, 0.15) is 46.0 Å². The van der Waals surface area contributed by atoms with Crippen molar-refractivity contribution < 1.29 is 19.1 Å². The highest BCUT2D eigenvalue weighted by Crippen LogP contribution is 2.02. The van der Waals surface area contributed by atoms with Gasteiger partial charge in [-0.15, -0.1) is 6.58 Å². The standard InChI is InChI=1S/C13H22O4/c1-4-9-16-12(14)6-5-7-13(15)17-10-8-11(2)3/h2,4-10H2,1,3H3. The van der Waals surface area contributed by atoms with Crippen LogP contribution in [0.5, 0.6) is 0 Å². The fraction of sp³-hybridized carbons (Fsp3) is 0.692. The van der Waals surface area contributed by atoms with E-state index < -0.39 is 0 Å². The van der Waals surface area contributed by atoms with Crippen LogP contribution in [0.15, 0.2) is 12.2 Å². The van der Waals surface area contributed by atoms with E-state index in [0.717, 1.165) is 12.0 Å². The molecule has 0 aromatic heterocycles. The fourth-order valence-electron chi connectivity index (χ4n) is 1.08. The van der Waals surface area contributed by atoms with E-state index in [4.69, 9.17) is 9.47 Å². The molecule has 98 valence electrons. The van der Waals surface area contributed by atoms with Gasteiger partial charge < -0.3 is 9.47 Å². The molecule has 0 radical (unpaired) electrons. The van der Waals surface area contributed by atoms with Crippen LogP contribution in [-0.2, 0) is 19.1 Å². The summed E-state index contributed by atoms with van der Waals surface area (Å²) in [6, 6.07) is 0. The molecule has 0 spiro atoms. The van der Waals surface area contributed by atoms with Gasteiger partial charge >= 0.3 is 11.9 Å². The second-order valence-electron chi connectivity index (χ2n) is 4.00. The van der Waals surface area contributed by atoms with Gasteiger partial charge in [0.15, 0.2) is 0 Å². The summed E-state index contributed by atoms with van der Waals surface area (Å²) in [6.45, 7) is 8.35. The van der Waals surface area contributed by atoms with Gasteiger partial charge in [-0.3, -0.25) is 9.59 Å². The highest BCUT2D eigenvalue weighted by Gasteiger charge is 2.06. The Labute approximate surface area is 103 Å². The van der Waals surface area contributed by atoms with Gasteiger partial charge in [-0.1, -0.05) is 12.5 Å². The van der Waals surface area contributed by atoms with Crippen molar-refractivity contribution in [2.75, 3.05) is 13.2 Å². The van der Waals surface area contributed by atoms with Crippen LogP contribution in [0.4, 0.5) is 0 Å². The van der Waals surface area contributed by atoms with Gasteiger partial charge in [0.1, 0.15) is 0 Å². The third kappa shape index (κ3) is 11.0. The molecule has 0 saturated carbocycles. The minimum absolute atomic E-state index is 0.249. The predicted molar refractivity (Wildman–Crippen MR) is 65.5 cm³/mol. The largest absolute Gasteiger partial charge is 0.466 e. The SMILES string of the molecule is C=C(C)CCOC(=O)CCCC(=O)OCCC. The van der Waals surface area contributed by atoms with Gasteiger partial charge in [0.2, 0.25) is 0 Å². The molecule has 4 heteroatoms. The van der Waals surface area contributed by atoms with Crippen molar-refractivity contribution in [1.82, 2.24) is 0 Å².